The maximum atomic E-state index is 11.4. The zero-order chi connectivity index (χ0) is 13.2. The molecule has 4 heteroatoms. The zero-order valence-electron chi connectivity index (χ0n) is 10.6. The second kappa shape index (κ2) is 4.62. The van der Waals surface area contributed by atoms with E-state index >= 15 is 0 Å². The van der Waals surface area contributed by atoms with Crippen molar-refractivity contribution >= 4 is 5.91 Å². The summed E-state index contributed by atoms with van der Waals surface area (Å²) in [6.45, 7) is 2.75. The van der Waals surface area contributed by atoms with Crippen molar-refractivity contribution in [1.29, 1.82) is 0 Å². The summed E-state index contributed by atoms with van der Waals surface area (Å²) >= 11 is 0. The van der Waals surface area contributed by atoms with Crippen LogP contribution in [-0.4, -0.2) is 21.0 Å². The molecule has 1 aromatic heterocycles. The number of benzene rings is 1. The summed E-state index contributed by atoms with van der Waals surface area (Å²) in [6.07, 6.45) is 0. The van der Waals surface area contributed by atoms with Crippen molar-refractivity contribution in [2.24, 2.45) is 0 Å². The normalized spacial score (nSPS) is 12.8. The Hall–Kier alpha value is -2.54. The van der Waals surface area contributed by atoms with Crippen molar-refractivity contribution in [2.75, 3.05) is 0 Å². The molecule has 1 aliphatic rings. The van der Waals surface area contributed by atoms with E-state index in [0.29, 0.717) is 13.1 Å². The number of carbonyl (C=O) groups excluding carboxylic acids is 1. The third-order valence-electron chi connectivity index (χ3n) is 3.19. The highest BCUT2D eigenvalue weighted by molar-refractivity contribution is 5.74. The molecular formula is C15H13N3O. The van der Waals surface area contributed by atoms with Gasteiger partial charge in [-0.25, -0.2) is 0 Å². The molecule has 0 atom stereocenters. The first-order valence-electron chi connectivity index (χ1n) is 6.13. The summed E-state index contributed by atoms with van der Waals surface area (Å²) < 4.78 is 0. The Balaban J connectivity index is 1.86. The van der Waals surface area contributed by atoms with E-state index in [1.165, 1.54) is 0 Å². The van der Waals surface area contributed by atoms with Gasteiger partial charge in [0.2, 0.25) is 5.91 Å². The Morgan fingerprint density at radius 3 is 2.79 bits per heavy atom. The highest BCUT2D eigenvalue weighted by Crippen LogP contribution is 2.23. The molecule has 19 heavy (non-hydrogen) atoms. The van der Waals surface area contributed by atoms with Crippen molar-refractivity contribution in [1.82, 2.24) is 15.1 Å². The standard InChI is InChI=1S/C15H13N3O/c1-11(19)18-9-13-14(16-17-15(13)10-18)8-7-12-5-3-2-4-6-12/h2-6H,9-10H2,1H3,(H,16,17). The second-order valence-corrected chi connectivity index (χ2v) is 4.51. The van der Waals surface area contributed by atoms with Gasteiger partial charge in [0, 0.05) is 18.1 Å². The van der Waals surface area contributed by atoms with Crippen molar-refractivity contribution in [3.05, 3.63) is 52.8 Å². The van der Waals surface area contributed by atoms with Crippen molar-refractivity contribution in [3.63, 3.8) is 0 Å². The van der Waals surface area contributed by atoms with Crippen molar-refractivity contribution in [2.45, 2.75) is 20.0 Å². The van der Waals surface area contributed by atoms with Gasteiger partial charge in [-0.05, 0) is 18.1 Å². The molecule has 4 nitrogen and oxygen atoms in total. The van der Waals surface area contributed by atoms with Gasteiger partial charge < -0.3 is 4.90 Å². The summed E-state index contributed by atoms with van der Waals surface area (Å²) in [4.78, 5) is 13.1. The minimum absolute atomic E-state index is 0.0694. The van der Waals surface area contributed by atoms with E-state index in [1.54, 1.807) is 11.8 Å². The minimum atomic E-state index is 0.0694. The summed E-state index contributed by atoms with van der Waals surface area (Å²) in [5.41, 5.74) is 3.74. The number of nitrogens with zero attached hydrogens (tertiary/aromatic N) is 2. The lowest BCUT2D eigenvalue weighted by Gasteiger charge is -2.11. The van der Waals surface area contributed by atoms with Gasteiger partial charge in [-0.3, -0.25) is 9.89 Å². The first-order chi connectivity index (χ1) is 9.24. The summed E-state index contributed by atoms with van der Waals surface area (Å²) in [5, 5.41) is 7.16. The number of aromatic amines is 1. The molecule has 0 spiro atoms. The number of rotatable bonds is 0. The molecule has 1 aliphatic heterocycles. The largest absolute Gasteiger partial charge is 0.332 e. The number of hydrogen-bond acceptors (Lipinski definition) is 2. The number of H-pyrrole nitrogens is 1. The maximum Gasteiger partial charge on any atom is 0.220 e. The first-order valence-corrected chi connectivity index (χ1v) is 6.13. The van der Waals surface area contributed by atoms with E-state index in [-0.39, 0.29) is 5.91 Å². The number of aromatic nitrogens is 2. The fourth-order valence-electron chi connectivity index (χ4n) is 2.11. The van der Waals surface area contributed by atoms with Gasteiger partial charge in [-0.1, -0.05) is 24.1 Å². The SMILES string of the molecule is CC(=O)N1Cc2n[nH]c(C#Cc3ccccc3)c2C1. The Morgan fingerprint density at radius 2 is 2.05 bits per heavy atom. The molecule has 94 valence electrons. The Kier molecular flexibility index (Phi) is 2.81. The molecule has 3 rings (SSSR count). The highest BCUT2D eigenvalue weighted by atomic mass is 16.2. The zero-order valence-corrected chi connectivity index (χ0v) is 10.6. The average molecular weight is 251 g/mol. The maximum absolute atomic E-state index is 11.4. The van der Waals surface area contributed by atoms with Gasteiger partial charge in [0.25, 0.3) is 0 Å². The summed E-state index contributed by atoms with van der Waals surface area (Å²) in [5.74, 6) is 6.26. The lowest BCUT2D eigenvalue weighted by Crippen LogP contribution is -2.22. The summed E-state index contributed by atoms with van der Waals surface area (Å²) in [7, 11) is 0. The molecule has 0 bridgehead atoms. The van der Waals surface area contributed by atoms with Gasteiger partial charge in [-0.2, -0.15) is 5.10 Å². The molecule has 0 radical (unpaired) electrons. The Bertz CT molecular complexity index is 676. The molecule has 1 amide bonds. The molecule has 0 fully saturated rings. The number of amides is 1. The predicted molar refractivity (Wildman–Crippen MR) is 70.9 cm³/mol. The van der Waals surface area contributed by atoms with Crippen molar-refractivity contribution in [3.8, 4) is 11.8 Å². The van der Waals surface area contributed by atoms with Crippen LogP contribution < -0.4 is 0 Å². The smallest absolute Gasteiger partial charge is 0.220 e. The quantitative estimate of drug-likeness (QED) is 0.724. The molecule has 0 unspecified atom stereocenters. The molecule has 2 aromatic rings. The van der Waals surface area contributed by atoms with Crippen LogP contribution >= 0.6 is 0 Å². The molecule has 2 heterocycles. The predicted octanol–water partition coefficient (Wildman–Crippen LogP) is 1.67. The van der Waals surface area contributed by atoms with Crippen LogP contribution in [0.3, 0.4) is 0 Å². The van der Waals surface area contributed by atoms with E-state index in [2.05, 4.69) is 22.0 Å². The van der Waals surface area contributed by atoms with Crippen LogP contribution in [0.1, 0.15) is 29.4 Å². The van der Waals surface area contributed by atoms with E-state index in [4.69, 9.17) is 0 Å². The van der Waals surface area contributed by atoms with Crippen LogP contribution in [0.25, 0.3) is 0 Å². The van der Waals surface area contributed by atoms with Gasteiger partial charge in [0.05, 0.1) is 18.8 Å². The third-order valence-corrected chi connectivity index (χ3v) is 3.19. The van der Waals surface area contributed by atoms with E-state index in [0.717, 1.165) is 22.5 Å². The molecule has 1 aromatic carbocycles. The van der Waals surface area contributed by atoms with Crippen molar-refractivity contribution < 1.29 is 4.79 Å². The van der Waals surface area contributed by atoms with Crippen LogP contribution in [0, 0.1) is 11.8 Å². The second-order valence-electron chi connectivity index (χ2n) is 4.51. The molecule has 0 saturated carbocycles. The number of carbonyl (C=O) groups is 1. The van der Waals surface area contributed by atoms with Gasteiger partial charge in [0.15, 0.2) is 0 Å². The van der Waals surface area contributed by atoms with Gasteiger partial charge in [0.1, 0.15) is 5.69 Å². The lowest BCUT2D eigenvalue weighted by molar-refractivity contribution is -0.129. The van der Waals surface area contributed by atoms with Crippen LogP contribution in [0.2, 0.25) is 0 Å². The Morgan fingerprint density at radius 1 is 1.26 bits per heavy atom. The van der Waals surface area contributed by atoms with Gasteiger partial charge >= 0.3 is 0 Å². The summed E-state index contributed by atoms with van der Waals surface area (Å²) in [6, 6.07) is 9.80. The van der Waals surface area contributed by atoms with E-state index in [1.807, 2.05) is 30.3 Å². The lowest BCUT2D eigenvalue weighted by atomic mass is 10.2. The molecule has 0 aliphatic carbocycles. The Labute approximate surface area is 111 Å². The average Bonchev–Trinajstić information content (AvgIpc) is 2.98. The third kappa shape index (κ3) is 2.23. The molecule has 1 N–H and O–H groups in total. The fourth-order valence-corrected chi connectivity index (χ4v) is 2.11. The van der Waals surface area contributed by atoms with Gasteiger partial charge in [-0.15, -0.1) is 0 Å². The molecule has 0 saturated heterocycles. The highest BCUT2D eigenvalue weighted by Gasteiger charge is 2.25. The van der Waals surface area contributed by atoms with E-state index in [9.17, 15) is 4.79 Å². The number of hydrogen-bond donors (Lipinski definition) is 1. The van der Waals surface area contributed by atoms with Crippen LogP contribution in [0.5, 0.6) is 0 Å². The van der Waals surface area contributed by atoms with Crippen LogP contribution in [0.15, 0.2) is 30.3 Å². The van der Waals surface area contributed by atoms with E-state index < -0.39 is 0 Å². The molecular weight excluding hydrogens is 238 g/mol. The fraction of sp³-hybridized carbons (Fsp3) is 0.200. The first kappa shape index (κ1) is 11.5. The topological polar surface area (TPSA) is 49.0 Å². The number of nitrogens with one attached hydrogen (secondary N) is 1. The van der Waals surface area contributed by atoms with Crippen LogP contribution in [-0.2, 0) is 17.9 Å². The number of fused-ring (bicyclic) bond motifs is 1. The van der Waals surface area contributed by atoms with Crippen LogP contribution in [0.4, 0.5) is 0 Å². The minimum Gasteiger partial charge on any atom is -0.332 e. The monoisotopic (exact) mass is 251 g/mol.